The predicted molar refractivity (Wildman–Crippen MR) is 66.2 cm³/mol. The van der Waals surface area contributed by atoms with E-state index in [0.717, 1.165) is 6.92 Å². The molecule has 7 nitrogen and oxygen atoms in total. The third-order valence-corrected chi connectivity index (χ3v) is 2.86. The Bertz CT molecular complexity index is 403. The molecule has 0 saturated carbocycles. The lowest BCUT2D eigenvalue weighted by atomic mass is 9.96. The molecule has 1 heterocycles. The van der Waals surface area contributed by atoms with Crippen molar-refractivity contribution in [3.8, 4) is 0 Å². The largest absolute Gasteiger partial charge is 0.434 e. The van der Waals surface area contributed by atoms with Crippen molar-refractivity contribution >= 4 is 17.8 Å². The molecule has 5 atom stereocenters. The van der Waals surface area contributed by atoms with Crippen molar-refractivity contribution in [1.82, 2.24) is 10.6 Å². The number of ether oxygens (including phenoxy) is 2. The van der Waals surface area contributed by atoms with Crippen molar-refractivity contribution in [2.75, 3.05) is 0 Å². The third-order valence-electron chi connectivity index (χ3n) is 2.86. The summed E-state index contributed by atoms with van der Waals surface area (Å²) in [5.74, 6) is -1.56. The molecular formula is C12H19FN2O5. The van der Waals surface area contributed by atoms with Crippen molar-refractivity contribution in [2.45, 2.75) is 58.3 Å². The first kappa shape index (κ1) is 16.4. The van der Waals surface area contributed by atoms with Gasteiger partial charge in [-0.15, -0.1) is 0 Å². The van der Waals surface area contributed by atoms with Crippen molar-refractivity contribution in [3.63, 3.8) is 0 Å². The molecule has 114 valence electrons. The van der Waals surface area contributed by atoms with Crippen LogP contribution in [0.2, 0.25) is 0 Å². The summed E-state index contributed by atoms with van der Waals surface area (Å²) in [5.41, 5.74) is 0. The summed E-state index contributed by atoms with van der Waals surface area (Å²) in [6, 6.07) is -2.11. The molecule has 2 N–H and O–H groups in total. The number of rotatable bonds is 3. The minimum atomic E-state index is -1.64. The van der Waals surface area contributed by atoms with Gasteiger partial charge in [-0.3, -0.25) is 14.4 Å². The van der Waals surface area contributed by atoms with Gasteiger partial charge in [0.1, 0.15) is 12.2 Å². The number of hydrogen-bond donors (Lipinski definition) is 2. The number of alkyl halides is 1. The topological polar surface area (TPSA) is 93.7 Å². The second-order valence-electron chi connectivity index (χ2n) is 4.72. The van der Waals surface area contributed by atoms with Gasteiger partial charge >= 0.3 is 5.97 Å². The maximum Gasteiger partial charge on any atom is 0.305 e. The van der Waals surface area contributed by atoms with Crippen molar-refractivity contribution in [1.29, 1.82) is 0 Å². The molecule has 0 spiro atoms. The van der Waals surface area contributed by atoms with Crippen LogP contribution in [0.4, 0.5) is 4.39 Å². The Morgan fingerprint density at radius 2 is 1.55 bits per heavy atom. The summed E-state index contributed by atoms with van der Waals surface area (Å²) < 4.78 is 24.7. The molecule has 0 aromatic carbocycles. The summed E-state index contributed by atoms with van der Waals surface area (Å²) in [6.45, 7) is 5.17. The molecule has 1 aliphatic rings. The molecule has 0 aromatic rings. The van der Waals surface area contributed by atoms with E-state index in [1.54, 1.807) is 6.92 Å². The first-order chi connectivity index (χ1) is 9.22. The molecule has 1 aliphatic heterocycles. The Morgan fingerprint density at radius 3 is 2.00 bits per heavy atom. The zero-order chi connectivity index (χ0) is 15.4. The van der Waals surface area contributed by atoms with E-state index in [0.29, 0.717) is 0 Å². The minimum Gasteiger partial charge on any atom is -0.434 e. The van der Waals surface area contributed by atoms with Crippen LogP contribution in [0.5, 0.6) is 0 Å². The lowest BCUT2D eigenvalue weighted by molar-refractivity contribution is -0.224. The second kappa shape index (κ2) is 6.65. The molecule has 0 aromatic heterocycles. The molecule has 20 heavy (non-hydrogen) atoms. The van der Waals surface area contributed by atoms with Crippen LogP contribution in [-0.2, 0) is 23.9 Å². The summed E-state index contributed by atoms with van der Waals surface area (Å²) in [6.07, 6.45) is -3.58. The lowest BCUT2D eigenvalue weighted by Gasteiger charge is -2.42. The number of halogens is 1. The van der Waals surface area contributed by atoms with Gasteiger partial charge in [0.05, 0.1) is 12.1 Å². The van der Waals surface area contributed by atoms with E-state index in [9.17, 15) is 18.8 Å². The maximum absolute atomic E-state index is 14.5. The normalized spacial score (nSPS) is 33.1. The van der Waals surface area contributed by atoms with Gasteiger partial charge in [0.25, 0.3) is 0 Å². The fourth-order valence-electron chi connectivity index (χ4n) is 2.09. The molecule has 1 rings (SSSR count). The van der Waals surface area contributed by atoms with E-state index in [4.69, 9.17) is 9.47 Å². The molecule has 0 bridgehead atoms. The van der Waals surface area contributed by atoms with E-state index >= 15 is 0 Å². The standard InChI is InChI=1S/C12H19FN2O5/c1-5-10(14-6(2)16)9(13)11(15-7(3)17)12(19-5)20-8(4)18/h5,9-12H,1-4H3,(H,14,16)(H,15,17)/t5-,9+,10-,11-,12-/m1/s1. The van der Waals surface area contributed by atoms with Crippen LogP contribution < -0.4 is 10.6 Å². The van der Waals surface area contributed by atoms with E-state index in [1.807, 2.05) is 0 Å². The van der Waals surface area contributed by atoms with Crippen LogP contribution in [0.15, 0.2) is 0 Å². The van der Waals surface area contributed by atoms with Crippen molar-refractivity contribution in [2.24, 2.45) is 0 Å². The van der Waals surface area contributed by atoms with Crippen molar-refractivity contribution in [3.05, 3.63) is 0 Å². The fraction of sp³-hybridized carbons (Fsp3) is 0.750. The zero-order valence-corrected chi connectivity index (χ0v) is 11.8. The first-order valence-electron chi connectivity index (χ1n) is 6.23. The predicted octanol–water partition coefficient (Wildman–Crippen LogP) is -0.358. The maximum atomic E-state index is 14.5. The summed E-state index contributed by atoms with van der Waals surface area (Å²) >= 11 is 0. The van der Waals surface area contributed by atoms with Crippen molar-refractivity contribution < 1.29 is 28.2 Å². The number of hydrogen-bond acceptors (Lipinski definition) is 5. The number of esters is 1. The number of carbonyl (C=O) groups excluding carboxylic acids is 3. The van der Waals surface area contributed by atoms with Gasteiger partial charge in [-0.25, -0.2) is 4.39 Å². The van der Waals surface area contributed by atoms with E-state index in [-0.39, 0.29) is 0 Å². The molecule has 0 radical (unpaired) electrons. The monoisotopic (exact) mass is 290 g/mol. The second-order valence-corrected chi connectivity index (χ2v) is 4.72. The van der Waals surface area contributed by atoms with Gasteiger partial charge in [-0.1, -0.05) is 0 Å². The van der Waals surface area contributed by atoms with Crippen LogP contribution in [0.3, 0.4) is 0 Å². The summed E-state index contributed by atoms with van der Waals surface area (Å²) in [4.78, 5) is 33.2. The average Bonchev–Trinajstić information content (AvgIpc) is 2.28. The SMILES string of the molecule is CC(=O)N[C@H]1[C@@H](OC(C)=O)O[C@H](C)[C@@H](NC(C)=O)[C@@H]1F. The van der Waals surface area contributed by atoms with Crippen LogP contribution in [0.1, 0.15) is 27.7 Å². The Kier molecular flexibility index (Phi) is 5.43. The summed E-state index contributed by atoms with van der Waals surface area (Å²) in [7, 11) is 0. The van der Waals surface area contributed by atoms with Crippen LogP contribution in [0, 0.1) is 0 Å². The molecular weight excluding hydrogens is 271 g/mol. The van der Waals surface area contributed by atoms with E-state index in [1.165, 1.54) is 13.8 Å². The number of nitrogens with one attached hydrogen (secondary N) is 2. The highest BCUT2D eigenvalue weighted by Crippen LogP contribution is 2.24. The number of carbonyl (C=O) groups is 3. The highest BCUT2D eigenvalue weighted by molar-refractivity contribution is 5.74. The van der Waals surface area contributed by atoms with Gasteiger partial charge in [-0.2, -0.15) is 0 Å². The molecule has 2 amide bonds. The highest BCUT2D eigenvalue weighted by atomic mass is 19.1. The average molecular weight is 290 g/mol. The van der Waals surface area contributed by atoms with Gasteiger partial charge in [0.2, 0.25) is 18.1 Å². The Balaban J connectivity index is 2.92. The van der Waals surface area contributed by atoms with Crippen LogP contribution in [-0.4, -0.2) is 48.4 Å². The minimum absolute atomic E-state index is 0.416. The summed E-state index contributed by atoms with van der Waals surface area (Å²) in [5, 5.41) is 4.77. The van der Waals surface area contributed by atoms with Crippen LogP contribution >= 0.6 is 0 Å². The Hall–Kier alpha value is -1.70. The highest BCUT2D eigenvalue weighted by Gasteiger charge is 2.47. The quantitative estimate of drug-likeness (QED) is 0.692. The molecule has 0 unspecified atom stereocenters. The molecule has 0 aliphatic carbocycles. The van der Waals surface area contributed by atoms with Gasteiger partial charge in [0, 0.05) is 20.8 Å². The Labute approximate surface area is 116 Å². The van der Waals surface area contributed by atoms with E-state index < -0.39 is 48.4 Å². The zero-order valence-electron chi connectivity index (χ0n) is 11.8. The van der Waals surface area contributed by atoms with E-state index in [2.05, 4.69) is 10.6 Å². The first-order valence-corrected chi connectivity index (χ1v) is 6.23. The number of amides is 2. The van der Waals surface area contributed by atoms with Gasteiger partial charge in [0.15, 0.2) is 0 Å². The van der Waals surface area contributed by atoms with Gasteiger partial charge in [-0.05, 0) is 6.92 Å². The third kappa shape index (κ3) is 4.16. The molecule has 1 fully saturated rings. The van der Waals surface area contributed by atoms with Crippen LogP contribution in [0.25, 0.3) is 0 Å². The fourth-order valence-corrected chi connectivity index (χ4v) is 2.09. The van der Waals surface area contributed by atoms with Gasteiger partial charge < -0.3 is 20.1 Å². The Morgan fingerprint density at radius 1 is 1.05 bits per heavy atom. The smallest absolute Gasteiger partial charge is 0.305 e. The molecule has 8 heteroatoms. The lowest BCUT2D eigenvalue weighted by Crippen LogP contribution is -2.66. The molecule has 1 saturated heterocycles.